The standard InChI is InChI=1S/C28H41N5O2/c1-19-14-20(2)29-25(15-19)22(4)31-34-17-28(5,6)18-35-32-24-11-9-10-23-26(33-12-7-8-13-33)16-21(3)30-27(23)24/h14-16,24,32H,7-13,17-18H2,1-6H3/b31-22+. The Morgan fingerprint density at radius 1 is 1.06 bits per heavy atom. The van der Waals surface area contributed by atoms with Gasteiger partial charge in [0.05, 0.1) is 24.0 Å². The number of pyridine rings is 2. The van der Waals surface area contributed by atoms with Crippen LogP contribution in [0, 0.1) is 26.2 Å². The van der Waals surface area contributed by atoms with Crippen LogP contribution in [0.15, 0.2) is 23.4 Å². The Labute approximate surface area is 210 Å². The second-order valence-electron chi connectivity index (χ2n) is 11.0. The lowest BCUT2D eigenvalue weighted by Gasteiger charge is -2.31. The molecule has 1 aliphatic heterocycles. The Hall–Kier alpha value is -2.51. The van der Waals surface area contributed by atoms with Gasteiger partial charge in [-0.1, -0.05) is 19.0 Å². The molecule has 0 radical (unpaired) electrons. The minimum Gasteiger partial charge on any atom is -0.395 e. The Bertz CT molecular complexity index is 1040. The van der Waals surface area contributed by atoms with Gasteiger partial charge in [0.15, 0.2) is 0 Å². The smallest absolute Gasteiger partial charge is 0.124 e. The molecule has 190 valence electrons. The molecule has 7 heteroatoms. The number of nitrogens with one attached hydrogen (secondary N) is 1. The van der Waals surface area contributed by atoms with E-state index in [-0.39, 0.29) is 11.5 Å². The van der Waals surface area contributed by atoms with Crippen molar-refractivity contribution >= 4 is 11.4 Å². The summed E-state index contributed by atoms with van der Waals surface area (Å²) in [6.07, 6.45) is 5.84. The average Bonchev–Trinajstić information content (AvgIpc) is 3.33. The van der Waals surface area contributed by atoms with Gasteiger partial charge in [-0.2, -0.15) is 5.48 Å². The lowest BCUT2D eigenvalue weighted by molar-refractivity contribution is -0.0580. The third kappa shape index (κ3) is 6.58. The number of hydrogen-bond donors (Lipinski definition) is 1. The maximum Gasteiger partial charge on any atom is 0.124 e. The minimum atomic E-state index is -0.203. The van der Waals surface area contributed by atoms with Gasteiger partial charge in [0.2, 0.25) is 0 Å². The quantitative estimate of drug-likeness (QED) is 0.385. The minimum absolute atomic E-state index is 0.118. The zero-order valence-electron chi connectivity index (χ0n) is 22.3. The molecule has 0 amide bonds. The zero-order valence-corrected chi connectivity index (χ0v) is 22.3. The highest BCUT2D eigenvalue weighted by Crippen LogP contribution is 2.36. The molecule has 1 aliphatic carbocycles. The van der Waals surface area contributed by atoms with Crippen LogP contribution >= 0.6 is 0 Å². The molecule has 1 N–H and O–H groups in total. The topological polar surface area (TPSA) is 71.9 Å². The molecular weight excluding hydrogens is 438 g/mol. The molecule has 0 saturated carbocycles. The van der Waals surface area contributed by atoms with Gasteiger partial charge in [-0.15, -0.1) is 0 Å². The van der Waals surface area contributed by atoms with Crippen molar-refractivity contribution in [2.45, 2.75) is 79.7 Å². The molecule has 4 rings (SSSR count). The number of oxime groups is 1. The van der Waals surface area contributed by atoms with Crippen LogP contribution in [-0.4, -0.2) is 42.0 Å². The van der Waals surface area contributed by atoms with Gasteiger partial charge in [-0.3, -0.25) is 9.97 Å². The highest BCUT2D eigenvalue weighted by molar-refractivity contribution is 5.96. The number of hydroxylamine groups is 1. The number of hydrogen-bond acceptors (Lipinski definition) is 7. The molecule has 1 atom stereocenters. The highest BCUT2D eigenvalue weighted by Gasteiger charge is 2.28. The first kappa shape index (κ1) is 25.6. The van der Waals surface area contributed by atoms with Crippen LogP contribution in [0.5, 0.6) is 0 Å². The van der Waals surface area contributed by atoms with Crippen LogP contribution in [0.3, 0.4) is 0 Å². The molecule has 35 heavy (non-hydrogen) atoms. The molecule has 0 spiro atoms. The number of fused-ring (bicyclic) bond motifs is 1. The molecule has 2 aromatic rings. The van der Waals surface area contributed by atoms with Crippen LogP contribution < -0.4 is 10.4 Å². The lowest BCUT2D eigenvalue weighted by Crippen LogP contribution is -2.33. The van der Waals surface area contributed by atoms with Crippen molar-refractivity contribution in [2.24, 2.45) is 10.6 Å². The number of nitrogens with zero attached hydrogens (tertiary/aromatic N) is 4. The van der Waals surface area contributed by atoms with Crippen LogP contribution in [0.2, 0.25) is 0 Å². The first-order chi connectivity index (χ1) is 16.7. The normalized spacial score (nSPS) is 18.6. The predicted molar refractivity (Wildman–Crippen MR) is 141 cm³/mol. The molecule has 2 aromatic heterocycles. The van der Waals surface area contributed by atoms with Crippen LogP contribution in [-0.2, 0) is 16.1 Å². The summed E-state index contributed by atoms with van der Waals surface area (Å²) in [6.45, 7) is 15.6. The SMILES string of the molecule is C/C(=N\OCC(C)(C)CONC1CCCc2c(N3CCCC3)cc(C)nc21)c1cc(C)cc(C)n1. The highest BCUT2D eigenvalue weighted by atomic mass is 16.7. The lowest BCUT2D eigenvalue weighted by atomic mass is 9.90. The maximum absolute atomic E-state index is 6.03. The molecule has 1 unspecified atom stereocenters. The fourth-order valence-electron chi connectivity index (χ4n) is 4.98. The van der Waals surface area contributed by atoms with E-state index in [1.54, 1.807) is 0 Å². The van der Waals surface area contributed by atoms with Crippen molar-refractivity contribution in [3.8, 4) is 0 Å². The molecule has 1 fully saturated rings. The zero-order chi connectivity index (χ0) is 25.0. The van der Waals surface area contributed by atoms with E-state index in [4.69, 9.17) is 14.7 Å². The maximum atomic E-state index is 6.03. The van der Waals surface area contributed by atoms with E-state index < -0.39 is 0 Å². The van der Waals surface area contributed by atoms with Crippen LogP contribution in [0.4, 0.5) is 5.69 Å². The van der Waals surface area contributed by atoms with E-state index >= 15 is 0 Å². The summed E-state index contributed by atoms with van der Waals surface area (Å²) in [5, 5.41) is 4.31. The predicted octanol–water partition coefficient (Wildman–Crippen LogP) is 5.37. The van der Waals surface area contributed by atoms with E-state index in [0.717, 1.165) is 60.8 Å². The number of anilines is 1. The van der Waals surface area contributed by atoms with E-state index in [0.29, 0.717) is 13.2 Å². The Morgan fingerprint density at radius 2 is 1.80 bits per heavy atom. The fraction of sp³-hybridized carbons (Fsp3) is 0.607. The van der Waals surface area contributed by atoms with E-state index in [1.165, 1.54) is 29.7 Å². The van der Waals surface area contributed by atoms with Gasteiger partial charge in [0, 0.05) is 35.6 Å². The first-order valence-corrected chi connectivity index (χ1v) is 13.0. The fourth-order valence-corrected chi connectivity index (χ4v) is 4.98. The molecule has 0 aromatic carbocycles. The van der Waals surface area contributed by atoms with E-state index in [2.05, 4.69) is 60.3 Å². The number of rotatable bonds is 9. The Kier molecular flexibility index (Phi) is 8.07. The monoisotopic (exact) mass is 479 g/mol. The Morgan fingerprint density at radius 3 is 2.54 bits per heavy atom. The molecule has 0 bridgehead atoms. The Balaban J connectivity index is 1.33. The van der Waals surface area contributed by atoms with Crippen molar-refractivity contribution in [2.75, 3.05) is 31.2 Å². The summed E-state index contributed by atoms with van der Waals surface area (Å²) in [4.78, 5) is 23.8. The van der Waals surface area contributed by atoms with Crippen molar-refractivity contribution in [1.82, 2.24) is 15.4 Å². The second-order valence-corrected chi connectivity index (χ2v) is 11.0. The van der Waals surface area contributed by atoms with E-state index in [1.807, 2.05) is 19.9 Å². The molecule has 2 aliphatic rings. The molecule has 1 saturated heterocycles. The summed E-state index contributed by atoms with van der Waals surface area (Å²) < 4.78 is 0. The van der Waals surface area contributed by atoms with Crippen molar-refractivity contribution in [3.63, 3.8) is 0 Å². The first-order valence-electron chi connectivity index (χ1n) is 13.0. The second kappa shape index (κ2) is 11.0. The van der Waals surface area contributed by atoms with Crippen molar-refractivity contribution in [3.05, 3.63) is 52.1 Å². The largest absolute Gasteiger partial charge is 0.395 e. The molecule has 7 nitrogen and oxygen atoms in total. The van der Waals surface area contributed by atoms with Gasteiger partial charge in [-0.05, 0) is 89.1 Å². The third-order valence-electron chi connectivity index (χ3n) is 6.77. The van der Waals surface area contributed by atoms with E-state index in [9.17, 15) is 0 Å². The summed E-state index contributed by atoms with van der Waals surface area (Å²) in [7, 11) is 0. The van der Waals surface area contributed by atoms with Gasteiger partial charge >= 0.3 is 0 Å². The number of aryl methyl sites for hydroxylation is 3. The van der Waals surface area contributed by atoms with Gasteiger partial charge in [0.25, 0.3) is 0 Å². The van der Waals surface area contributed by atoms with Crippen LogP contribution in [0.1, 0.15) is 86.4 Å². The average molecular weight is 480 g/mol. The number of aromatic nitrogens is 2. The van der Waals surface area contributed by atoms with Crippen molar-refractivity contribution in [1.29, 1.82) is 0 Å². The summed E-state index contributed by atoms with van der Waals surface area (Å²) in [5.41, 5.74) is 11.9. The molecule has 3 heterocycles. The third-order valence-corrected chi connectivity index (χ3v) is 6.77. The van der Waals surface area contributed by atoms with Gasteiger partial charge in [-0.25, -0.2) is 0 Å². The van der Waals surface area contributed by atoms with Crippen molar-refractivity contribution < 1.29 is 9.68 Å². The van der Waals surface area contributed by atoms with Gasteiger partial charge in [0.1, 0.15) is 12.3 Å². The van der Waals surface area contributed by atoms with Gasteiger partial charge < -0.3 is 14.6 Å². The summed E-state index contributed by atoms with van der Waals surface area (Å²) in [5.74, 6) is 0. The molecular formula is C28H41N5O2. The summed E-state index contributed by atoms with van der Waals surface area (Å²) in [6, 6.07) is 6.47. The van der Waals surface area contributed by atoms with Crippen LogP contribution in [0.25, 0.3) is 0 Å². The summed E-state index contributed by atoms with van der Waals surface area (Å²) >= 11 is 0.